The van der Waals surface area contributed by atoms with Crippen molar-refractivity contribution in [2.24, 2.45) is 0 Å². The molecule has 1 unspecified atom stereocenters. The zero-order chi connectivity index (χ0) is 16.7. The van der Waals surface area contributed by atoms with Gasteiger partial charge in [0.05, 0.1) is 6.10 Å². The molecule has 5 nitrogen and oxygen atoms in total. The Bertz CT molecular complexity index is 517. The van der Waals surface area contributed by atoms with E-state index in [0.29, 0.717) is 18.6 Å². The zero-order valence-electron chi connectivity index (χ0n) is 13.6. The molecule has 1 aliphatic heterocycles. The van der Waals surface area contributed by atoms with Gasteiger partial charge >= 0.3 is 0 Å². The van der Waals surface area contributed by atoms with E-state index in [1.54, 1.807) is 26.2 Å². The normalized spacial score (nSPS) is 19.3. The predicted octanol–water partition coefficient (Wildman–Crippen LogP) is 3.18. The first-order valence-electron chi connectivity index (χ1n) is 7.95. The monoisotopic (exact) mass is 325 g/mol. The Morgan fingerprint density at radius 1 is 1.48 bits per heavy atom. The van der Waals surface area contributed by atoms with Crippen LogP contribution in [-0.2, 0) is 19.1 Å². The van der Waals surface area contributed by atoms with Crippen LogP contribution in [0.2, 0.25) is 0 Å². The molecule has 1 amide bonds. The number of hydrogen-bond donors (Lipinski definition) is 1. The summed E-state index contributed by atoms with van der Waals surface area (Å²) in [4.78, 5) is 17.1. The minimum Gasteiger partial charge on any atom is -0.377 e. The number of aryl methyl sites for hydroxylation is 1. The van der Waals surface area contributed by atoms with Crippen LogP contribution in [0.1, 0.15) is 49.3 Å². The van der Waals surface area contributed by atoms with Crippen molar-refractivity contribution in [2.45, 2.75) is 51.4 Å². The fourth-order valence-corrected chi connectivity index (χ4v) is 2.54. The average Bonchev–Trinajstić information content (AvgIpc) is 2.57. The van der Waals surface area contributed by atoms with E-state index in [1.807, 2.05) is 0 Å². The molecule has 1 N–H and O–H groups in total. The molecule has 0 bridgehead atoms. The lowest BCUT2D eigenvalue weighted by molar-refractivity contribution is -0.200. The Morgan fingerprint density at radius 3 is 2.96 bits per heavy atom. The summed E-state index contributed by atoms with van der Waals surface area (Å²) in [7, 11) is 1.58. The Balaban J connectivity index is 1.77. The summed E-state index contributed by atoms with van der Waals surface area (Å²) < 4.78 is 24.1. The predicted molar refractivity (Wildman–Crippen MR) is 82.9 cm³/mol. The van der Waals surface area contributed by atoms with Gasteiger partial charge in [-0.3, -0.25) is 4.79 Å². The molecule has 2 atom stereocenters. The molecule has 1 aromatic carbocycles. The molecular formula is C17H24FNO4. The van der Waals surface area contributed by atoms with Gasteiger partial charge < -0.3 is 9.47 Å². The number of ether oxygens (including phenoxy) is 2. The highest BCUT2D eigenvalue weighted by Gasteiger charge is 2.17. The van der Waals surface area contributed by atoms with Crippen LogP contribution in [0.3, 0.4) is 0 Å². The van der Waals surface area contributed by atoms with Crippen molar-refractivity contribution >= 4 is 5.91 Å². The number of halogens is 1. The van der Waals surface area contributed by atoms with Gasteiger partial charge in [0.25, 0.3) is 0 Å². The van der Waals surface area contributed by atoms with Crippen LogP contribution in [0.4, 0.5) is 4.39 Å². The van der Waals surface area contributed by atoms with Gasteiger partial charge in [-0.1, -0.05) is 12.1 Å². The van der Waals surface area contributed by atoms with Crippen LogP contribution in [-0.4, -0.2) is 25.9 Å². The van der Waals surface area contributed by atoms with Gasteiger partial charge in [-0.05, 0) is 43.4 Å². The third-order valence-corrected chi connectivity index (χ3v) is 3.91. The van der Waals surface area contributed by atoms with Crippen LogP contribution in [0, 0.1) is 12.7 Å². The van der Waals surface area contributed by atoms with Gasteiger partial charge in [-0.2, -0.15) is 0 Å². The second-order valence-electron chi connectivity index (χ2n) is 5.71. The maximum absolute atomic E-state index is 13.3. The SMILES string of the molecule is CO[C@@H](CCC(=O)NOC1CCCCO1)c1ccc(F)c(C)c1. The van der Waals surface area contributed by atoms with Crippen molar-refractivity contribution in [1.82, 2.24) is 5.48 Å². The lowest BCUT2D eigenvalue weighted by atomic mass is 10.0. The second kappa shape index (κ2) is 8.96. The van der Waals surface area contributed by atoms with Crippen LogP contribution >= 0.6 is 0 Å². The van der Waals surface area contributed by atoms with Crippen LogP contribution in [0.5, 0.6) is 0 Å². The highest BCUT2D eigenvalue weighted by Crippen LogP contribution is 2.24. The summed E-state index contributed by atoms with van der Waals surface area (Å²) in [5.74, 6) is -0.470. The number of methoxy groups -OCH3 is 1. The number of carbonyl (C=O) groups excluding carboxylic acids is 1. The van der Waals surface area contributed by atoms with Crippen molar-refractivity contribution in [3.8, 4) is 0 Å². The fraction of sp³-hybridized carbons (Fsp3) is 0.588. The maximum atomic E-state index is 13.3. The molecule has 1 aliphatic rings. The van der Waals surface area contributed by atoms with Gasteiger partial charge in [-0.15, -0.1) is 0 Å². The molecule has 23 heavy (non-hydrogen) atoms. The summed E-state index contributed by atoms with van der Waals surface area (Å²) in [6, 6.07) is 4.84. The largest absolute Gasteiger partial charge is 0.377 e. The Hall–Kier alpha value is -1.50. The summed E-state index contributed by atoms with van der Waals surface area (Å²) in [6.07, 6.45) is 2.98. The molecule has 0 spiro atoms. The minimum absolute atomic E-state index is 0.222. The van der Waals surface area contributed by atoms with Crippen molar-refractivity contribution in [3.63, 3.8) is 0 Å². The number of benzene rings is 1. The highest BCUT2D eigenvalue weighted by molar-refractivity contribution is 5.74. The number of rotatable bonds is 7. The summed E-state index contributed by atoms with van der Waals surface area (Å²) in [6.45, 7) is 2.37. The zero-order valence-corrected chi connectivity index (χ0v) is 13.6. The van der Waals surface area contributed by atoms with Crippen LogP contribution in [0.25, 0.3) is 0 Å². The molecule has 1 fully saturated rings. The van der Waals surface area contributed by atoms with Crippen molar-refractivity contribution in [2.75, 3.05) is 13.7 Å². The first-order valence-corrected chi connectivity index (χ1v) is 7.95. The summed E-state index contributed by atoms with van der Waals surface area (Å²) >= 11 is 0. The van der Waals surface area contributed by atoms with E-state index in [4.69, 9.17) is 14.3 Å². The number of carbonyl (C=O) groups is 1. The number of nitrogens with one attached hydrogen (secondary N) is 1. The maximum Gasteiger partial charge on any atom is 0.243 e. The van der Waals surface area contributed by atoms with Gasteiger partial charge in [-0.25, -0.2) is 14.7 Å². The third-order valence-electron chi connectivity index (χ3n) is 3.91. The summed E-state index contributed by atoms with van der Waals surface area (Å²) in [5.41, 5.74) is 3.84. The third kappa shape index (κ3) is 5.57. The van der Waals surface area contributed by atoms with E-state index in [1.165, 1.54) is 6.07 Å². The Labute approximate surface area is 136 Å². The molecule has 2 rings (SSSR count). The first kappa shape index (κ1) is 17.8. The van der Waals surface area contributed by atoms with Crippen molar-refractivity contribution in [1.29, 1.82) is 0 Å². The first-order chi connectivity index (χ1) is 11.1. The van der Waals surface area contributed by atoms with Gasteiger partial charge in [0.1, 0.15) is 5.82 Å². The molecule has 1 heterocycles. The van der Waals surface area contributed by atoms with Crippen molar-refractivity contribution < 1.29 is 23.5 Å². The molecule has 1 aromatic rings. The van der Waals surface area contributed by atoms with E-state index in [2.05, 4.69) is 5.48 Å². The molecule has 0 aromatic heterocycles. The molecule has 0 aliphatic carbocycles. The lowest BCUT2D eigenvalue weighted by Crippen LogP contribution is -2.33. The topological polar surface area (TPSA) is 56.8 Å². The molecule has 1 saturated heterocycles. The highest BCUT2D eigenvalue weighted by atomic mass is 19.1. The molecule has 6 heteroatoms. The standard InChI is InChI=1S/C17H24FNO4/c1-12-11-13(6-7-14(12)18)15(21-2)8-9-16(20)19-23-17-5-3-4-10-22-17/h6-7,11,15,17H,3-5,8-10H2,1-2H3,(H,19,20)/t15-,17?/m0/s1. The van der Waals surface area contributed by atoms with Gasteiger partial charge in [0.2, 0.25) is 5.91 Å². The van der Waals surface area contributed by atoms with E-state index in [0.717, 1.165) is 24.8 Å². The number of hydroxylamine groups is 1. The molecular weight excluding hydrogens is 301 g/mol. The van der Waals surface area contributed by atoms with Crippen LogP contribution < -0.4 is 5.48 Å². The average molecular weight is 325 g/mol. The number of amides is 1. The number of hydrogen-bond acceptors (Lipinski definition) is 4. The molecule has 0 saturated carbocycles. The molecule has 128 valence electrons. The van der Waals surface area contributed by atoms with Crippen molar-refractivity contribution in [3.05, 3.63) is 35.1 Å². The fourth-order valence-electron chi connectivity index (χ4n) is 2.54. The second-order valence-corrected chi connectivity index (χ2v) is 5.71. The van der Waals surface area contributed by atoms with Gasteiger partial charge in [0.15, 0.2) is 6.29 Å². The van der Waals surface area contributed by atoms with Crippen LogP contribution in [0.15, 0.2) is 18.2 Å². The van der Waals surface area contributed by atoms with E-state index in [-0.39, 0.29) is 30.5 Å². The van der Waals surface area contributed by atoms with E-state index >= 15 is 0 Å². The quantitative estimate of drug-likeness (QED) is 0.782. The molecule has 0 radical (unpaired) electrons. The van der Waals surface area contributed by atoms with Gasteiger partial charge in [0, 0.05) is 26.6 Å². The Morgan fingerprint density at radius 2 is 2.30 bits per heavy atom. The van der Waals surface area contributed by atoms with E-state index in [9.17, 15) is 9.18 Å². The smallest absolute Gasteiger partial charge is 0.243 e. The minimum atomic E-state index is -0.356. The Kier molecular flexibility index (Phi) is 6.95. The van der Waals surface area contributed by atoms with E-state index < -0.39 is 0 Å². The summed E-state index contributed by atoms with van der Waals surface area (Å²) in [5, 5.41) is 0. The lowest BCUT2D eigenvalue weighted by Gasteiger charge is -2.22.